The van der Waals surface area contributed by atoms with Crippen LogP contribution in [0.2, 0.25) is 0 Å². The minimum absolute atomic E-state index is 0.0309. The van der Waals surface area contributed by atoms with Gasteiger partial charge in [0, 0.05) is 19.2 Å². The smallest absolute Gasteiger partial charge is 0.306 e. The first kappa shape index (κ1) is 18.0. The first-order valence-electron chi connectivity index (χ1n) is 6.52. The van der Waals surface area contributed by atoms with E-state index < -0.39 is 17.7 Å². The van der Waals surface area contributed by atoms with Crippen LogP contribution in [0.15, 0.2) is 24.3 Å². The Labute approximate surface area is 133 Å². The van der Waals surface area contributed by atoms with E-state index >= 15 is 0 Å². The number of hydrogen-bond acceptors (Lipinski definition) is 5. The number of amides is 1. The molecule has 0 bridgehead atoms. The number of hydrogen-bond donors (Lipinski definition) is 2. The molecule has 0 atom stereocenters. The molecule has 8 heteroatoms. The van der Waals surface area contributed by atoms with E-state index in [2.05, 4.69) is 10.6 Å². The normalized spacial score (nSPS) is 9.91. The Kier molecular flexibility index (Phi) is 8.01. The Balaban J connectivity index is 2.26. The second-order valence-corrected chi connectivity index (χ2v) is 4.63. The van der Waals surface area contributed by atoms with Crippen molar-refractivity contribution in [2.75, 3.05) is 25.6 Å². The summed E-state index contributed by atoms with van der Waals surface area (Å²) in [5, 5.41) is 5.10. The summed E-state index contributed by atoms with van der Waals surface area (Å²) in [6, 6.07) is 5.65. The summed E-state index contributed by atoms with van der Waals surface area (Å²) in [5.41, 5.74) is 0.421. The highest BCUT2D eigenvalue weighted by Crippen LogP contribution is 2.08. The summed E-state index contributed by atoms with van der Waals surface area (Å²) in [7, 11) is 1.49. The second-order valence-electron chi connectivity index (χ2n) is 4.23. The van der Waals surface area contributed by atoms with E-state index in [1.807, 2.05) is 0 Å². The lowest BCUT2D eigenvalue weighted by molar-refractivity contribution is -0.146. The molecule has 0 aromatic heterocycles. The van der Waals surface area contributed by atoms with Gasteiger partial charge in [0.2, 0.25) is 5.91 Å². The van der Waals surface area contributed by atoms with Crippen molar-refractivity contribution in [1.29, 1.82) is 0 Å². The molecule has 120 valence electrons. The molecule has 0 aliphatic rings. The molecule has 1 rings (SSSR count). The zero-order valence-corrected chi connectivity index (χ0v) is 12.9. The molecular formula is C14H17FN2O4S. The molecular weight excluding hydrogens is 311 g/mol. The minimum Gasteiger partial charge on any atom is -0.463 e. The van der Waals surface area contributed by atoms with Gasteiger partial charge in [-0.1, -0.05) is 6.07 Å². The molecule has 0 heterocycles. The third-order valence-corrected chi connectivity index (χ3v) is 2.65. The first-order valence-corrected chi connectivity index (χ1v) is 6.93. The molecule has 0 saturated carbocycles. The number of ether oxygens (including phenoxy) is 2. The van der Waals surface area contributed by atoms with Gasteiger partial charge in [-0.2, -0.15) is 0 Å². The van der Waals surface area contributed by atoms with Gasteiger partial charge in [0.05, 0.1) is 13.0 Å². The molecule has 1 amide bonds. The lowest BCUT2D eigenvalue weighted by Gasteiger charge is -2.09. The topological polar surface area (TPSA) is 76.7 Å². The first-order chi connectivity index (χ1) is 10.5. The zero-order chi connectivity index (χ0) is 16.4. The predicted molar refractivity (Wildman–Crippen MR) is 82.8 cm³/mol. The molecule has 0 aliphatic carbocycles. The summed E-state index contributed by atoms with van der Waals surface area (Å²) >= 11 is 4.92. The van der Waals surface area contributed by atoms with Crippen molar-refractivity contribution in [3.63, 3.8) is 0 Å². The number of carbonyl (C=O) groups is 2. The van der Waals surface area contributed by atoms with Crippen LogP contribution in [0.1, 0.15) is 12.8 Å². The third-order valence-electron chi connectivity index (χ3n) is 2.44. The summed E-state index contributed by atoms with van der Waals surface area (Å²) in [6.45, 7) is 0.454. The van der Waals surface area contributed by atoms with Gasteiger partial charge in [-0.15, -0.1) is 0 Å². The summed E-state index contributed by atoms with van der Waals surface area (Å²) in [6.07, 6.45) is -0.116. The van der Waals surface area contributed by atoms with Crippen molar-refractivity contribution in [2.45, 2.75) is 12.8 Å². The number of anilines is 1. The predicted octanol–water partition coefficient (Wildman–Crippen LogP) is 1.61. The Morgan fingerprint density at radius 2 is 2.05 bits per heavy atom. The third kappa shape index (κ3) is 7.65. The van der Waals surface area contributed by atoms with E-state index in [1.54, 1.807) is 6.07 Å². The molecule has 0 spiro atoms. The number of benzene rings is 1. The highest BCUT2D eigenvalue weighted by Gasteiger charge is 2.09. The molecule has 0 aliphatic heterocycles. The molecule has 22 heavy (non-hydrogen) atoms. The van der Waals surface area contributed by atoms with Crippen molar-refractivity contribution in [2.24, 2.45) is 0 Å². The van der Waals surface area contributed by atoms with Crippen molar-refractivity contribution < 1.29 is 23.5 Å². The number of nitrogens with one attached hydrogen (secondary N) is 2. The Hall–Kier alpha value is -2.06. The van der Waals surface area contributed by atoms with Crippen LogP contribution in [-0.4, -0.2) is 37.3 Å². The molecule has 0 saturated heterocycles. The monoisotopic (exact) mass is 328 g/mol. The summed E-state index contributed by atoms with van der Waals surface area (Å²) in [5.74, 6) is -1.34. The molecule has 0 fully saturated rings. The van der Waals surface area contributed by atoms with Crippen molar-refractivity contribution in [1.82, 2.24) is 5.32 Å². The van der Waals surface area contributed by atoms with Gasteiger partial charge in [0.15, 0.2) is 5.11 Å². The maximum Gasteiger partial charge on any atom is 0.306 e. The van der Waals surface area contributed by atoms with Crippen LogP contribution < -0.4 is 10.6 Å². The summed E-state index contributed by atoms with van der Waals surface area (Å²) < 4.78 is 22.5. The van der Waals surface area contributed by atoms with Gasteiger partial charge >= 0.3 is 5.97 Å². The van der Waals surface area contributed by atoms with E-state index in [9.17, 15) is 14.0 Å². The van der Waals surface area contributed by atoms with Crippen LogP contribution in [0.25, 0.3) is 0 Å². The van der Waals surface area contributed by atoms with Crippen LogP contribution >= 0.6 is 12.2 Å². The molecule has 1 aromatic rings. The maximum absolute atomic E-state index is 13.0. The fourth-order valence-corrected chi connectivity index (χ4v) is 1.68. The standard InChI is InChI=1S/C14H17FN2O4S/c1-20-7-8-21-13(19)6-5-12(18)17-14(22)16-11-4-2-3-10(15)9-11/h2-4,9H,5-8H2,1H3,(H2,16,17,18,22). The van der Waals surface area contributed by atoms with E-state index in [-0.39, 0.29) is 24.6 Å². The van der Waals surface area contributed by atoms with Crippen LogP contribution in [0, 0.1) is 5.82 Å². The van der Waals surface area contributed by atoms with Crippen molar-refractivity contribution in [3.05, 3.63) is 30.1 Å². The van der Waals surface area contributed by atoms with Crippen LogP contribution in [0.5, 0.6) is 0 Å². The Morgan fingerprint density at radius 1 is 1.27 bits per heavy atom. The fourth-order valence-electron chi connectivity index (χ4n) is 1.44. The largest absolute Gasteiger partial charge is 0.463 e. The number of methoxy groups -OCH3 is 1. The van der Waals surface area contributed by atoms with E-state index in [1.165, 1.54) is 25.3 Å². The van der Waals surface area contributed by atoms with Gasteiger partial charge in [0.25, 0.3) is 0 Å². The van der Waals surface area contributed by atoms with Crippen LogP contribution in [0.3, 0.4) is 0 Å². The lowest BCUT2D eigenvalue weighted by Crippen LogP contribution is -2.34. The highest BCUT2D eigenvalue weighted by molar-refractivity contribution is 7.80. The molecule has 0 unspecified atom stereocenters. The van der Waals surface area contributed by atoms with E-state index in [4.69, 9.17) is 21.7 Å². The summed E-state index contributed by atoms with van der Waals surface area (Å²) in [4.78, 5) is 22.9. The van der Waals surface area contributed by atoms with Crippen LogP contribution in [-0.2, 0) is 19.1 Å². The highest BCUT2D eigenvalue weighted by atomic mass is 32.1. The number of carbonyl (C=O) groups excluding carboxylic acids is 2. The second kappa shape index (κ2) is 9.80. The van der Waals surface area contributed by atoms with Gasteiger partial charge in [-0.05, 0) is 30.4 Å². The SMILES string of the molecule is COCCOC(=O)CCC(=O)NC(=S)Nc1cccc(F)c1. The molecule has 2 N–H and O–H groups in total. The average molecular weight is 328 g/mol. The molecule has 1 aromatic carbocycles. The lowest BCUT2D eigenvalue weighted by atomic mass is 10.3. The van der Waals surface area contributed by atoms with Gasteiger partial charge in [-0.3, -0.25) is 9.59 Å². The molecule has 6 nitrogen and oxygen atoms in total. The number of thiocarbonyl (C=S) groups is 1. The Morgan fingerprint density at radius 3 is 2.73 bits per heavy atom. The quantitative estimate of drug-likeness (QED) is 0.450. The maximum atomic E-state index is 13.0. The average Bonchev–Trinajstić information content (AvgIpc) is 2.45. The van der Waals surface area contributed by atoms with E-state index in [0.717, 1.165) is 0 Å². The van der Waals surface area contributed by atoms with Gasteiger partial charge in [0.1, 0.15) is 12.4 Å². The van der Waals surface area contributed by atoms with Crippen molar-refractivity contribution >= 4 is 34.9 Å². The zero-order valence-electron chi connectivity index (χ0n) is 12.1. The van der Waals surface area contributed by atoms with E-state index in [0.29, 0.717) is 12.3 Å². The molecule has 0 radical (unpaired) electrons. The van der Waals surface area contributed by atoms with Crippen molar-refractivity contribution in [3.8, 4) is 0 Å². The number of rotatable bonds is 7. The number of halogens is 1. The minimum atomic E-state index is -0.490. The van der Waals surface area contributed by atoms with Gasteiger partial charge < -0.3 is 20.1 Å². The Bertz CT molecular complexity index is 539. The van der Waals surface area contributed by atoms with Crippen LogP contribution in [0.4, 0.5) is 10.1 Å². The number of esters is 1. The van der Waals surface area contributed by atoms with Gasteiger partial charge in [-0.25, -0.2) is 4.39 Å². The fraction of sp³-hybridized carbons (Fsp3) is 0.357.